The van der Waals surface area contributed by atoms with E-state index in [2.05, 4.69) is 17.6 Å². The highest BCUT2D eigenvalue weighted by Crippen LogP contribution is 2.65. The molecule has 4 rings (SSSR count). The molecule has 1 aromatic rings. The molecule has 3 amide bonds. The third-order valence-corrected chi connectivity index (χ3v) is 8.93. The second-order valence-corrected chi connectivity index (χ2v) is 11.4. The Hall–Kier alpha value is -2.45. The first kappa shape index (κ1) is 27.6. The lowest BCUT2D eigenvalue weighted by molar-refractivity contribution is -0.146. The summed E-state index contributed by atoms with van der Waals surface area (Å²) in [7, 11) is 0. The summed E-state index contributed by atoms with van der Waals surface area (Å²) in [5.74, 6) is -1.86. The number of carbonyl (C=O) groups is 3. The van der Waals surface area contributed by atoms with Crippen molar-refractivity contribution in [3.05, 3.63) is 29.3 Å². The van der Waals surface area contributed by atoms with E-state index in [0.29, 0.717) is 19.5 Å². The number of fused-ring (bicyclic) bond motifs is 1. The molecular formula is C29H43N3O5. The maximum atomic E-state index is 14.1. The molecule has 3 unspecified atom stereocenters. The molecule has 0 aromatic heterocycles. The number of ether oxygens (including phenoxy) is 1. The molecule has 0 aliphatic carbocycles. The van der Waals surface area contributed by atoms with Crippen LogP contribution in [0.1, 0.15) is 70.4 Å². The first-order chi connectivity index (χ1) is 17.6. The Morgan fingerprint density at radius 2 is 1.81 bits per heavy atom. The largest absolute Gasteiger partial charge is 0.396 e. The summed E-state index contributed by atoms with van der Waals surface area (Å²) in [6.07, 6.45) is 4.51. The van der Waals surface area contributed by atoms with E-state index in [9.17, 15) is 14.4 Å². The molecule has 3 heterocycles. The molecule has 1 aromatic carbocycles. The van der Waals surface area contributed by atoms with Crippen molar-refractivity contribution in [2.24, 2.45) is 17.8 Å². The Balaban J connectivity index is 1.70. The maximum Gasteiger partial charge on any atom is 0.250 e. The number of nitrogens with one attached hydrogen (secondary N) is 2. The average molecular weight is 514 g/mol. The number of para-hydroxylation sites is 1. The molecular weight excluding hydrogens is 470 g/mol. The third kappa shape index (κ3) is 4.56. The van der Waals surface area contributed by atoms with Crippen LogP contribution in [0.2, 0.25) is 0 Å². The number of amides is 3. The van der Waals surface area contributed by atoms with Gasteiger partial charge in [0.25, 0.3) is 0 Å². The highest BCUT2D eigenvalue weighted by atomic mass is 16.5. The van der Waals surface area contributed by atoms with E-state index in [4.69, 9.17) is 9.84 Å². The predicted octanol–water partition coefficient (Wildman–Crippen LogP) is 3.33. The number of unbranched alkanes of at least 4 members (excludes halogenated alkanes) is 3. The number of aliphatic hydroxyl groups is 1. The topological polar surface area (TPSA) is 108 Å². The lowest BCUT2D eigenvalue weighted by Gasteiger charge is -2.36. The number of likely N-dealkylation sites (tertiary alicyclic amines) is 1. The first-order valence-corrected chi connectivity index (χ1v) is 13.9. The molecule has 8 heteroatoms. The standard InChI is InChI=1S/C29H43N3O5/c1-6-14-30-25(34)21-22-27(36)32(15-9-7-8-10-16-33)24(29(22)17-20(4)28(21,5)37-29)26(35)31-23-18(2)12-11-13-19(23)3/h11-13,20-22,24,33H,6-10,14-17H2,1-5H3,(H,30,34)(H,31,35)/t20?,21-,22-,24?,28+,29?/m0/s1. The van der Waals surface area contributed by atoms with Crippen molar-refractivity contribution in [2.75, 3.05) is 25.0 Å². The Morgan fingerprint density at radius 1 is 1.14 bits per heavy atom. The summed E-state index contributed by atoms with van der Waals surface area (Å²) >= 11 is 0. The number of hydrogen-bond acceptors (Lipinski definition) is 5. The van der Waals surface area contributed by atoms with Gasteiger partial charge in [0.15, 0.2) is 0 Å². The second-order valence-electron chi connectivity index (χ2n) is 11.4. The zero-order valence-electron chi connectivity index (χ0n) is 22.9. The van der Waals surface area contributed by atoms with Crippen molar-refractivity contribution in [2.45, 2.75) is 90.4 Å². The van der Waals surface area contributed by atoms with Crippen molar-refractivity contribution in [1.82, 2.24) is 10.2 Å². The Labute approximate surface area is 220 Å². The predicted molar refractivity (Wildman–Crippen MR) is 142 cm³/mol. The van der Waals surface area contributed by atoms with Gasteiger partial charge in [0, 0.05) is 25.4 Å². The molecule has 3 saturated heterocycles. The van der Waals surface area contributed by atoms with Crippen molar-refractivity contribution in [3.8, 4) is 0 Å². The van der Waals surface area contributed by atoms with Crippen LogP contribution in [0, 0.1) is 31.6 Å². The Morgan fingerprint density at radius 3 is 2.46 bits per heavy atom. The minimum Gasteiger partial charge on any atom is -0.396 e. The van der Waals surface area contributed by atoms with Crippen LogP contribution in [0.5, 0.6) is 0 Å². The van der Waals surface area contributed by atoms with Crippen molar-refractivity contribution >= 4 is 23.4 Å². The fourth-order valence-electron chi connectivity index (χ4n) is 6.99. The monoisotopic (exact) mass is 513 g/mol. The molecule has 3 aliphatic heterocycles. The quantitative estimate of drug-likeness (QED) is 0.394. The van der Waals surface area contributed by atoms with E-state index in [0.717, 1.165) is 48.9 Å². The smallest absolute Gasteiger partial charge is 0.250 e. The molecule has 0 radical (unpaired) electrons. The van der Waals surface area contributed by atoms with E-state index >= 15 is 0 Å². The molecule has 3 fully saturated rings. The van der Waals surface area contributed by atoms with Gasteiger partial charge in [-0.2, -0.15) is 0 Å². The van der Waals surface area contributed by atoms with Crippen LogP contribution in [0.4, 0.5) is 5.69 Å². The average Bonchev–Trinajstić information content (AvgIpc) is 3.36. The number of aliphatic hydroxyl groups excluding tert-OH is 1. The number of anilines is 1. The van der Waals surface area contributed by atoms with Crippen LogP contribution in [0.25, 0.3) is 0 Å². The maximum absolute atomic E-state index is 14.1. The van der Waals surface area contributed by atoms with Gasteiger partial charge in [-0.15, -0.1) is 0 Å². The van der Waals surface area contributed by atoms with E-state index in [1.807, 2.05) is 45.9 Å². The van der Waals surface area contributed by atoms with Crippen LogP contribution in [0.3, 0.4) is 0 Å². The zero-order valence-corrected chi connectivity index (χ0v) is 22.9. The number of rotatable bonds is 11. The summed E-state index contributed by atoms with van der Waals surface area (Å²) in [5.41, 5.74) is 0.826. The van der Waals surface area contributed by atoms with Gasteiger partial charge in [-0.05, 0) is 63.5 Å². The van der Waals surface area contributed by atoms with Crippen molar-refractivity contribution in [3.63, 3.8) is 0 Å². The fraction of sp³-hybridized carbons (Fsp3) is 0.690. The highest BCUT2D eigenvalue weighted by molar-refractivity contribution is 6.04. The molecule has 37 heavy (non-hydrogen) atoms. The molecule has 3 N–H and O–H groups in total. The van der Waals surface area contributed by atoms with Gasteiger partial charge < -0.3 is 25.4 Å². The summed E-state index contributed by atoms with van der Waals surface area (Å²) < 4.78 is 6.76. The molecule has 1 spiro atoms. The summed E-state index contributed by atoms with van der Waals surface area (Å²) in [6.45, 7) is 11.0. The molecule has 0 saturated carbocycles. The van der Waals surface area contributed by atoms with E-state index in [-0.39, 0.29) is 30.2 Å². The molecule has 204 valence electrons. The van der Waals surface area contributed by atoms with Gasteiger partial charge in [0.2, 0.25) is 17.7 Å². The Kier molecular flexibility index (Phi) is 8.00. The minimum absolute atomic E-state index is 0.0222. The van der Waals surface area contributed by atoms with Crippen molar-refractivity contribution < 1.29 is 24.2 Å². The second kappa shape index (κ2) is 10.7. The number of benzene rings is 1. The molecule has 3 aliphatic rings. The lowest BCUT2D eigenvalue weighted by atomic mass is 9.62. The van der Waals surface area contributed by atoms with Crippen LogP contribution in [-0.4, -0.2) is 64.7 Å². The van der Waals surface area contributed by atoms with Crippen LogP contribution >= 0.6 is 0 Å². The number of carbonyl (C=O) groups excluding carboxylic acids is 3. The SMILES string of the molecule is CCCNC(=O)[C@@H]1[C@H]2C(=O)N(CCCCCCO)C(C(=O)Nc3c(C)cccc3C)C23CC(C)[C@@]1(C)O3. The van der Waals surface area contributed by atoms with E-state index < -0.39 is 29.1 Å². The third-order valence-electron chi connectivity index (χ3n) is 8.93. The lowest BCUT2D eigenvalue weighted by Crippen LogP contribution is -2.54. The number of aryl methyl sites for hydroxylation is 2. The zero-order chi connectivity index (χ0) is 27.0. The van der Waals surface area contributed by atoms with E-state index in [1.54, 1.807) is 4.90 Å². The molecule has 8 nitrogen and oxygen atoms in total. The first-order valence-electron chi connectivity index (χ1n) is 13.9. The summed E-state index contributed by atoms with van der Waals surface area (Å²) in [6, 6.07) is 5.06. The molecule has 6 atom stereocenters. The summed E-state index contributed by atoms with van der Waals surface area (Å²) in [4.78, 5) is 43.3. The van der Waals surface area contributed by atoms with Gasteiger partial charge >= 0.3 is 0 Å². The van der Waals surface area contributed by atoms with Gasteiger partial charge in [0.05, 0.1) is 17.4 Å². The Bertz CT molecular complexity index is 1020. The van der Waals surface area contributed by atoms with Crippen LogP contribution < -0.4 is 10.6 Å². The fourth-order valence-corrected chi connectivity index (χ4v) is 6.99. The van der Waals surface area contributed by atoms with Crippen LogP contribution in [0.15, 0.2) is 18.2 Å². The van der Waals surface area contributed by atoms with Gasteiger partial charge in [-0.1, -0.05) is 44.9 Å². The van der Waals surface area contributed by atoms with Gasteiger partial charge in [0.1, 0.15) is 11.6 Å². The highest BCUT2D eigenvalue weighted by Gasteiger charge is 2.79. The van der Waals surface area contributed by atoms with Gasteiger partial charge in [-0.3, -0.25) is 14.4 Å². The van der Waals surface area contributed by atoms with Crippen LogP contribution in [-0.2, 0) is 19.1 Å². The van der Waals surface area contributed by atoms with Gasteiger partial charge in [-0.25, -0.2) is 0 Å². The summed E-state index contributed by atoms with van der Waals surface area (Å²) in [5, 5.41) is 15.3. The van der Waals surface area contributed by atoms with E-state index in [1.165, 1.54) is 0 Å². The number of nitrogens with zero attached hydrogens (tertiary/aromatic N) is 1. The minimum atomic E-state index is -1.04. The normalized spacial score (nSPS) is 32.1. The van der Waals surface area contributed by atoms with Crippen molar-refractivity contribution in [1.29, 1.82) is 0 Å². The number of hydrogen-bond donors (Lipinski definition) is 3. The molecule has 2 bridgehead atoms.